The van der Waals surface area contributed by atoms with Crippen LogP contribution in [0.4, 0.5) is 0 Å². The van der Waals surface area contributed by atoms with Crippen LogP contribution in [0.2, 0.25) is 0 Å². The van der Waals surface area contributed by atoms with E-state index in [1.807, 2.05) is 43.5 Å². The molecule has 1 aromatic heterocycles. The van der Waals surface area contributed by atoms with Crippen molar-refractivity contribution in [2.24, 2.45) is 5.73 Å². The van der Waals surface area contributed by atoms with Crippen molar-refractivity contribution in [3.63, 3.8) is 0 Å². The second kappa shape index (κ2) is 5.41. The summed E-state index contributed by atoms with van der Waals surface area (Å²) >= 11 is 0. The smallest absolute Gasteiger partial charge is 0.358 e. The normalized spacial score (nSPS) is 11.7. The fourth-order valence-corrected chi connectivity index (χ4v) is 2.51. The molecular formula is C16H22N2O3. The molecular weight excluding hydrogens is 268 g/mol. The maximum absolute atomic E-state index is 12.2. The Morgan fingerprint density at radius 1 is 1.33 bits per heavy atom. The van der Waals surface area contributed by atoms with Crippen LogP contribution < -0.4 is 10.5 Å². The lowest BCUT2D eigenvalue weighted by molar-refractivity contribution is 0.0584. The molecule has 1 heterocycles. The van der Waals surface area contributed by atoms with Gasteiger partial charge in [-0.15, -0.1) is 0 Å². The SMILES string of the molecule is COC(=O)c1c(OC)c2ccc(C)cc2n1CC(C)(C)N. The first-order valence-corrected chi connectivity index (χ1v) is 6.82. The average Bonchev–Trinajstić information content (AvgIpc) is 2.69. The molecule has 0 radical (unpaired) electrons. The Bertz CT molecular complexity index is 681. The summed E-state index contributed by atoms with van der Waals surface area (Å²) in [5.74, 6) is 0.103. The number of hydrogen-bond donors (Lipinski definition) is 1. The minimum atomic E-state index is -0.469. The summed E-state index contributed by atoms with van der Waals surface area (Å²) in [6, 6.07) is 5.97. The molecule has 5 nitrogen and oxygen atoms in total. The van der Waals surface area contributed by atoms with Crippen molar-refractivity contribution in [3.05, 3.63) is 29.5 Å². The van der Waals surface area contributed by atoms with Gasteiger partial charge in [0.25, 0.3) is 0 Å². The summed E-state index contributed by atoms with van der Waals surface area (Å²) in [7, 11) is 2.92. The standard InChI is InChI=1S/C16H22N2O3/c1-10-6-7-11-12(8-10)18(9-16(2,3)17)13(14(11)20-4)15(19)21-5/h6-8H,9,17H2,1-5H3. The third-order valence-electron chi connectivity index (χ3n) is 3.32. The van der Waals surface area contributed by atoms with Crippen LogP contribution in [0, 0.1) is 6.92 Å². The van der Waals surface area contributed by atoms with Crippen molar-refractivity contribution < 1.29 is 14.3 Å². The summed E-state index contributed by atoms with van der Waals surface area (Å²) in [5.41, 5.74) is 8.11. The Morgan fingerprint density at radius 3 is 2.52 bits per heavy atom. The summed E-state index contributed by atoms with van der Waals surface area (Å²) < 4.78 is 12.2. The predicted molar refractivity (Wildman–Crippen MR) is 82.8 cm³/mol. The summed E-state index contributed by atoms with van der Waals surface area (Å²) in [5, 5.41) is 0.882. The first-order valence-electron chi connectivity index (χ1n) is 6.82. The van der Waals surface area contributed by atoms with E-state index in [0.29, 0.717) is 18.0 Å². The lowest BCUT2D eigenvalue weighted by Gasteiger charge is -2.21. The Kier molecular flexibility index (Phi) is 3.96. The second-order valence-corrected chi connectivity index (χ2v) is 5.97. The van der Waals surface area contributed by atoms with Gasteiger partial charge in [0.1, 0.15) is 0 Å². The van der Waals surface area contributed by atoms with Gasteiger partial charge in [0.2, 0.25) is 0 Å². The van der Waals surface area contributed by atoms with Crippen LogP contribution in [0.25, 0.3) is 10.9 Å². The monoisotopic (exact) mass is 290 g/mol. The second-order valence-electron chi connectivity index (χ2n) is 5.97. The molecule has 0 amide bonds. The number of ether oxygens (including phenoxy) is 2. The lowest BCUT2D eigenvalue weighted by atomic mass is 10.1. The third kappa shape index (κ3) is 2.88. The Labute approximate surface area is 124 Å². The summed E-state index contributed by atoms with van der Waals surface area (Å²) in [4.78, 5) is 12.2. The molecule has 21 heavy (non-hydrogen) atoms. The molecule has 2 aromatic rings. The van der Waals surface area contributed by atoms with Crippen LogP contribution >= 0.6 is 0 Å². The van der Waals surface area contributed by atoms with Crippen LogP contribution in [0.1, 0.15) is 29.9 Å². The number of carbonyl (C=O) groups excluding carboxylic acids is 1. The molecule has 2 rings (SSSR count). The number of hydrogen-bond acceptors (Lipinski definition) is 4. The van der Waals surface area contributed by atoms with Gasteiger partial charge < -0.3 is 19.8 Å². The molecule has 0 aliphatic rings. The fraction of sp³-hybridized carbons (Fsp3) is 0.438. The molecule has 0 aliphatic heterocycles. The quantitative estimate of drug-likeness (QED) is 0.878. The Balaban J connectivity index is 2.82. The van der Waals surface area contributed by atoms with Crippen molar-refractivity contribution in [1.29, 1.82) is 0 Å². The van der Waals surface area contributed by atoms with E-state index in [1.54, 1.807) is 7.11 Å². The number of fused-ring (bicyclic) bond motifs is 1. The number of nitrogens with two attached hydrogens (primary N) is 1. The minimum Gasteiger partial charge on any atom is -0.494 e. The highest BCUT2D eigenvalue weighted by molar-refractivity contribution is 6.02. The summed E-state index contributed by atoms with van der Waals surface area (Å²) in [6.45, 7) is 6.33. The highest BCUT2D eigenvalue weighted by Crippen LogP contribution is 2.35. The molecule has 0 saturated heterocycles. The van der Waals surface area contributed by atoms with E-state index >= 15 is 0 Å². The molecule has 0 saturated carbocycles. The van der Waals surface area contributed by atoms with Gasteiger partial charge in [-0.05, 0) is 38.5 Å². The predicted octanol–water partition coefficient (Wildman–Crippen LogP) is 2.48. The van der Waals surface area contributed by atoms with Crippen LogP contribution in [-0.2, 0) is 11.3 Å². The fourth-order valence-electron chi connectivity index (χ4n) is 2.51. The number of esters is 1. The van der Waals surface area contributed by atoms with Crippen LogP contribution in [0.3, 0.4) is 0 Å². The van der Waals surface area contributed by atoms with E-state index in [2.05, 4.69) is 0 Å². The summed E-state index contributed by atoms with van der Waals surface area (Å²) in [6.07, 6.45) is 0. The molecule has 0 atom stereocenters. The zero-order valence-corrected chi connectivity index (χ0v) is 13.2. The average molecular weight is 290 g/mol. The largest absolute Gasteiger partial charge is 0.494 e. The number of benzene rings is 1. The third-order valence-corrected chi connectivity index (χ3v) is 3.32. The van der Waals surface area contributed by atoms with Gasteiger partial charge in [-0.25, -0.2) is 4.79 Å². The molecule has 0 bridgehead atoms. The minimum absolute atomic E-state index is 0.402. The van der Waals surface area contributed by atoms with Gasteiger partial charge in [-0.1, -0.05) is 6.07 Å². The zero-order chi connectivity index (χ0) is 15.8. The maximum Gasteiger partial charge on any atom is 0.358 e. The van der Waals surface area contributed by atoms with Gasteiger partial charge in [-0.2, -0.15) is 0 Å². The molecule has 0 fully saturated rings. The topological polar surface area (TPSA) is 66.5 Å². The van der Waals surface area contributed by atoms with E-state index < -0.39 is 11.5 Å². The van der Waals surface area contributed by atoms with Crippen molar-refractivity contribution in [2.75, 3.05) is 14.2 Å². The van der Waals surface area contributed by atoms with E-state index in [-0.39, 0.29) is 0 Å². The van der Waals surface area contributed by atoms with Crippen LogP contribution in [0.15, 0.2) is 18.2 Å². The van der Waals surface area contributed by atoms with Gasteiger partial charge in [-0.3, -0.25) is 0 Å². The first kappa shape index (κ1) is 15.4. The van der Waals surface area contributed by atoms with Gasteiger partial charge in [0.15, 0.2) is 11.4 Å². The Hall–Kier alpha value is -2.01. The molecule has 0 unspecified atom stereocenters. The van der Waals surface area contributed by atoms with Crippen molar-refractivity contribution in [1.82, 2.24) is 4.57 Å². The molecule has 0 spiro atoms. The molecule has 2 N–H and O–H groups in total. The van der Waals surface area contributed by atoms with E-state index in [9.17, 15) is 4.79 Å². The number of aromatic nitrogens is 1. The molecule has 1 aromatic carbocycles. The highest BCUT2D eigenvalue weighted by Gasteiger charge is 2.27. The first-order chi connectivity index (χ1) is 9.78. The van der Waals surface area contributed by atoms with Crippen molar-refractivity contribution in [3.8, 4) is 5.75 Å². The van der Waals surface area contributed by atoms with E-state index in [4.69, 9.17) is 15.2 Å². The van der Waals surface area contributed by atoms with Crippen LogP contribution in [0.5, 0.6) is 5.75 Å². The molecule has 0 aliphatic carbocycles. The van der Waals surface area contributed by atoms with Gasteiger partial charge in [0.05, 0.1) is 19.7 Å². The maximum atomic E-state index is 12.2. The molecule has 114 valence electrons. The Morgan fingerprint density at radius 2 is 2.00 bits per heavy atom. The number of carbonyl (C=O) groups is 1. The van der Waals surface area contributed by atoms with Crippen molar-refractivity contribution >= 4 is 16.9 Å². The number of rotatable bonds is 4. The van der Waals surface area contributed by atoms with Gasteiger partial charge in [0, 0.05) is 17.5 Å². The number of aryl methyl sites for hydroxylation is 1. The number of nitrogens with zero attached hydrogens (tertiary/aromatic N) is 1. The van der Waals surface area contributed by atoms with E-state index in [0.717, 1.165) is 16.5 Å². The van der Waals surface area contributed by atoms with E-state index in [1.165, 1.54) is 7.11 Å². The van der Waals surface area contributed by atoms with Crippen molar-refractivity contribution in [2.45, 2.75) is 32.9 Å². The lowest BCUT2D eigenvalue weighted by Crippen LogP contribution is -2.37. The number of methoxy groups -OCH3 is 2. The van der Waals surface area contributed by atoms with Crippen LogP contribution in [-0.4, -0.2) is 30.3 Å². The highest BCUT2D eigenvalue weighted by atomic mass is 16.5. The molecule has 5 heteroatoms. The van der Waals surface area contributed by atoms with Gasteiger partial charge >= 0.3 is 5.97 Å². The zero-order valence-electron chi connectivity index (χ0n) is 13.2.